The average molecular weight is 277 g/mol. The Balaban J connectivity index is 1.81. The molecule has 2 N–H and O–H groups in total. The van der Waals surface area contributed by atoms with Crippen LogP contribution in [0, 0.1) is 0 Å². The summed E-state index contributed by atoms with van der Waals surface area (Å²) >= 11 is 0. The number of hydroxylamine groups is 1. The molecule has 5 nitrogen and oxygen atoms in total. The Morgan fingerprint density at radius 2 is 1.95 bits per heavy atom. The van der Waals surface area contributed by atoms with Gasteiger partial charge in [0.05, 0.1) is 7.11 Å². The van der Waals surface area contributed by atoms with Crippen molar-refractivity contribution in [2.24, 2.45) is 0 Å². The SMILES string of the molecule is CONC(=O)NC1CCN([C@@H](C)c2ccccc2)CC1. The number of likely N-dealkylation sites (tertiary alicyclic amines) is 1. The molecule has 1 aromatic rings. The standard InChI is InChI=1S/C15H23N3O2/c1-12(13-6-4-3-5-7-13)18-10-8-14(9-11-18)16-15(19)17-20-2/h3-7,12,14H,8-11H2,1-2H3,(H2,16,17,19)/t12-/m0/s1. The smallest absolute Gasteiger partial charge is 0.334 e. The van der Waals surface area contributed by atoms with Gasteiger partial charge in [0, 0.05) is 25.2 Å². The molecule has 0 unspecified atom stereocenters. The maximum absolute atomic E-state index is 11.4. The number of hydrogen-bond donors (Lipinski definition) is 2. The fourth-order valence-corrected chi connectivity index (χ4v) is 2.68. The summed E-state index contributed by atoms with van der Waals surface area (Å²) < 4.78 is 0. The highest BCUT2D eigenvalue weighted by Gasteiger charge is 2.24. The summed E-state index contributed by atoms with van der Waals surface area (Å²) in [5.74, 6) is 0. The van der Waals surface area contributed by atoms with Crippen LogP contribution >= 0.6 is 0 Å². The lowest BCUT2D eigenvalue weighted by molar-refractivity contribution is 0.101. The molecule has 0 spiro atoms. The molecule has 5 heteroatoms. The van der Waals surface area contributed by atoms with Crippen LogP contribution in [0.4, 0.5) is 4.79 Å². The molecule has 1 atom stereocenters. The minimum Gasteiger partial charge on any atom is -0.334 e. The Bertz CT molecular complexity index is 416. The Hall–Kier alpha value is -1.59. The topological polar surface area (TPSA) is 53.6 Å². The second-order valence-corrected chi connectivity index (χ2v) is 5.18. The van der Waals surface area contributed by atoms with Crippen molar-refractivity contribution < 1.29 is 9.63 Å². The number of nitrogens with one attached hydrogen (secondary N) is 2. The third-order valence-electron chi connectivity index (χ3n) is 3.89. The van der Waals surface area contributed by atoms with E-state index in [-0.39, 0.29) is 12.1 Å². The normalized spacial score (nSPS) is 18.5. The molecule has 2 rings (SSSR count). The number of piperidine rings is 1. The zero-order chi connectivity index (χ0) is 14.4. The molecule has 1 heterocycles. The number of rotatable bonds is 4. The van der Waals surface area contributed by atoms with Crippen molar-refractivity contribution in [2.45, 2.75) is 31.8 Å². The van der Waals surface area contributed by atoms with Gasteiger partial charge >= 0.3 is 6.03 Å². The summed E-state index contributed by atoms with van der Waals surface area (Å²) in [5, 5.41) is 2.92. The molecule has 1 aliphatic rings. The van der Waals surface area contributed by atoms with Crippen LogP contribution in [0.1, 0.15) is 31.4 Å². The Kier molecular flexibility index (Phi) is 5.38. The first kappa shape index (κ1) is 14.8. The minimum atomic E-state index is -0.262. The summed E-state index contributed by atoms with van der Waals surface area (Å²) in [7, 11) is 1.43. The lowest BCUT2D eigenvalue weighted by atomic mass is 10.0. The molecular formula is C15H23N3O2. The molecule has 110 valence electrons. The van der Waals surface area contributed by atoms with Crippen molar-refractivity contribution in [1.82, 2.24) is 15.7 Å². The number of benzene rings is 1. The molecular weight excluding hydrogens is 254 g/mol. The predicted molar refractivity (Wildman–Crippen MR) is 78.1 cm³/mol. The first-order valence-corrected chi connectivity index (χ1v) is 7.09. The summed E-state index contributed by atoms with van der Waals surface area (Å²) in [5.41, 5.74) is 3.63. The summed E-state index contributed by atoms with van der Waals surface area (Å²) in [6.45, 7) is 4.22. The molecule has 1 saturated heterocycles. The predicted octanol–water partition coefficient (Wildman–Crippen LogP) is 2.07. The fourth-order valence-electron chi connectivity index (χ4n) is 2.68. The van der Waals surface area contributed by atoms with Gasteiger partial charge in [0.2, 0.25) is 0 Å². The second-order valence-electron chi connectivity index (χ2n) is 5.18. The third kappa shape index (κ3) is 3.95. The molecule has 1 fully saturated rings. The lowest BCUT2D eigenvalue weighted by Gasteiger charge is -2.36. The maximum Gasteiger partial charge on any atom is 0.338 e. The monoisotopic (exact) mass is 277 g/mol. The van der Waals surface area contributed by atoms with Crippen LogP contribution in [0.2, 0.25) is 0 Å². The van der Waals surface area contributed by atoms with Gasteiger partial charge in [0.15, 0.2) is 0 Å². The minimum absolute atomic E-state index is 0.226. The van der Waals surface area contributed by atoms with Crippen LogP contribution in [-0.4, -0.2) is 37.2 Å². The number of carbonyl (C=O) groups is 1. The van der Waals surface area contributed by atoms with E-state index >= 15 is 0 Å². The highest BCUT2D eigenvalue weighted by Crippen LogP contribution is 2.23. The first-order chi connectivity index (χ1) is 9.70. The van der Waals surface area contributed by atoms with Gasteiger partial charge in [0.1, 0.15) is 0 Å². The van der Waals surface area contributed by atoms with E-state index < -0.39 is 0 Å². The number of nitrogens with zero attached hydrogens (tertiary/aromatic N) is 1. The summed E-state index contributed by atoms with van der Waals surface area (Å²) in [6, 6.07) is 10.9. The zero-order valence-electron chi connectivity index (χ0n) is 12.1. The van der Waals surface area contributed by atoms with Crippen LogP contribution in [-0.2, 0) is 4.84 Å². The molecule has 0 saturated carbocycles. The van der Waals surface area contributed by atoms with Crippen LogP contribution < -0.4 is 10.8 Å². The maximum atomic E-state index is 11.4. The largest absolute Gasteiger partial charge is 0.338 e. The zero-order valence-corrected chi connectivity index (χ0v) is 12.1. The molecule has 0 aromatic heterocycles. The number of amides is 2. The number of carbonyl (C=O) groups excluding carboxylic acids is 1. The van der Waals surface area contributed by atoms with Gasteiger partial charge in [-0.25, -0.2) is 10.3 Å². The molecule has 1 aromatic carbocycles. The van der Waals surface area contributed by atoms with Crippen LogP contribution in [0.25, 0.3) is 0 Å². The van der Waals surface area contributed by atoms with Crippen LogP contribution in [0.15, 0.2) is 30.3 Å². The second kappa shape index (κ2) is 7.26. The fraction of sp³-hybridized carbons (Fsp3) is 0.533. The summed E-state index contributed by atoms with van der Waals surface area (Å²) in [4.78, 5) is 18.4. The lowest BCUT2D eigenvalue weighted by Crippen LogP contribution is -2.48. The number of urea groups is 1. The van der Waals surface area contributed by atoms with E-state index in [0.29, 0.717) is 6.04 Å². The Morgan fingerprint density at radius 3 is 2.55 bits per heavy atom. The van der Waals surface area contributed by atoms with Gasteiger partial charge in [-0.15, -0.1) is 0 Å². The third-order valence-corrected chi connectivity index (χ3v) is 3.89. The quantitative estimate of drug-likeness (QED) is 0.828. The van der Waals surface area contributed by atoms with E-state index in [1.807, 2.05) is 6.07 Å². The highest BCUT2D eigenvalue weighted by atomic mass is 16.6. The molecule has 0 aliphatic carbocycles. The average Bonchev–Trinajstić information content (AvgIpc) is 2.48. The van der Waals surface area contributed by atoms with Crippen molar-refractivity contribution in [3.8, 4) is 0 Å². The van der Waals surface area contributed by atoms with Crippen molar-refractivity contribution >= 4 is 6.03 Å². The van der Waals surface area contributed by atoms with E-state index in [2.05, 4.69) is 51.7 Å². The molecule has 2 amide bonds. The first-order valence-electron chi connectivity index (χ1n) is 7.09. The molecule has 1 aliphatic heterocycles. The van der Waals surface area contributed by atoms with Crippen LogP contribution in [0.3, 0.4) is 0 Å². The van der Waals surface area contributed by atoms with Gasteiger partial charge in [-0.2, -0.15) is 0 Å². The van der Waals surface area contributed by atoms with Crippen molar-refractivity contribution in [3.63, 3.8) is 0 Å². The van der Waals surface area contributed by atoms with Gasteiger partial charge in [0.25, 0.3) is 0 Å². The van der Waals surface area contributed by atoms with E-state index in [1.165, 1.54) is 12.7 Å². The van der Waals surface area contributed by atoms with Gasteiger partial charge < -0.3 is 5.32 Å². The van der Waals surface area contributed by atoms with Crippen molar-refractivity contribution in [2.75, 3.05) is 20.2 Å². The van der Waals surface area contributed by atoms with Gasteiger partial charge in [-0.3, -0.25) is 9.74 Å². The molecule has 20 heavy (non-hydrogen) atoms. The molecule has 0 radical (unpaired) electrons. The summed E-state index contributed by atoms with van der Waals surface area (Å²) in [6.07, 6.45) is 1.93. The highest BCUT2D eigenvalue weighted by molar-refractivity contribution is 5.72. The van der Waals surface area contributed by atoms with E-state index in [4.69, 9.17) is 0 Å². The van der Waals surface area contributed by atoms with Crippen molar-refractivity contribution in [1.29, 1.82) is 0 Å². The van der Waals surface area contributed by atoms with E-state index in [1.54, 1.807) is 0 Å². The van der Waals surface area contributed by atoms with Crippen molar-refractivity contribution in [3.05, 3.63) is 35.9 Å². The van der Waals surface area contributed by atoms with E-state index in [0.717, 1.165) is 25.9 Å². The number of hydrogen-bond acceptors (Lipinski definition) is 3. The Labute approximate surface area is 120 Å². The van der Waals surface area contributed by atoms with Gasteiger partial charge in [-0.1, -0.05) is 30.3 Å². The van der Waals surface area contributed by atoms with Crippen LogP contribution in [0.5, 0.6) is 0 Å². The van der Waals surface area contributed by atoms with Gasteiger partial charge in [-0.05, 0) is 25.3 Å². The molecule has 0 bridgehead atoms. The Morgan fingerprint density at radius 1 is 1.30 bits per heavy atom. The van der Waals surface area contributed by atoms with E-state index in [9.17, 15) is 4.79 Å².